The quantitative estimate of drug-likeness (QED) is 0.674. The number of anilines is 1. The summed E-state index contributed by atoms with van der Waals surface area (Å²) in [5, 5.41) is 13.7. The molecular formula is C19H22ClN3O2. The van der Waals surface area contributed by atoms with Crippen LogP contribution in [0.25, 0.3) is 0 Å². The van der Waals surface area contributed by atoms with Gasteiger partial charge in [-0.1, -0.05) is 30.7 Å². The molecule has 4 N–H and O–H groups in total. The molecule has 6 heteroatoms. The summed E-state index contributed by atoms with van der Waals surface area (Å²) in [6, 6.07) is 10.6. The minimum atomic E-state index is -0.393. The summed E-state index contributed by atoms with van der Waals surface area (Å²) in [5.74, 6) is 0.0642. The van der Waals surface area contributed by atoms with Crippen LogP contribution in [0.5, 0.6) is 5.75 Å². The number of hydrogen-bond acceptors (Lipinski definition) is 4. The summed E-state index contributed by atoms with van der Waals surface area (Å²) < 4.78 is 0. The number of aromatic hydroxyl groups is 1. The van der Waals surface area contributed by atoms with E-state index < -0.39 is 6.04 Å². The van der Waals surface area contributed by atoms with Crippen molar-refractivity contribution in [3.05, 3.63) is 58.1 Å². The molecule has 25 heavy (non-hydrogen) atoms. The average molecular weight is 360 g/mol. The molecule has 1 aliphatic rings. The van der Waals surface area contributed by atoms with Gasteiger partial charge in [0.05, 0.1) is 6.04 Å². The molecule has 1 heterocycles. The molecule has 1 saturated heterocycles. The van der Waals surface area contributed by atoms with Gasteiger partial charge in [0, 0.05) is 16.3 Å². The Morgan fingerprint density at radius 3 is 2.68 bits per heavy atom. The maximum atomic E-state index is 12.4. The van der Waals surface area contributed by atoms with Crippen LogP contribution in [-0.4, -0.2) is 17.1 Å². The summed E-state index contributed by atoms with van der Waals surface area (Å²) in [7, 11) is 0. The predicted octanol–water partition coefficient (Wildman–Crippen LogP) is 3.46. The lowest BCUT2D eigenvalue weighted by molar-refractivity contribution is -0.117. The van der Waals surface area contributed by atoms with E-state index in [0.717, 1.165) is 17.7 Å². The molecule has 2 aromatic rings. The first-order valence-electron chi connectivity index (χ1n) is 8.37. The first-order chi connectivity index (χ1) is 12.0. The molecule has 2 unspecified atom stereocenters. The number of hydrazine groups is 1. The molecule has 0 bridgehead atoms. The Morgan fingerprint density at radius 2 is 2.00 bits per heavy atom. The van der Waals surface area contributed by atoms with E-state index >= 15 is 0 Å². The number of rotatable bonds is 4. The Morgan fingerprint density at radius 1 is 1.28 bits per heavy atom. The molecule has 132 valence electrons. The number of phenolic OH excluding ortho intramolecular Hbond substituents is 1. The van der Waals surface area contributed by atoms with Crippen LogP contribution in [0.3, 0.4) is 0 Å². The van der Waals surface area contributed by atoms with Crippen molar-refractivity contribution in [2.75, 3.05) is 5.32 Å². The van der Waals surface area contributed by atoms with Gasteiger partial charge in [-0.3, -0.25) is 4.79 Å². The van der Waals surface area contributed by atoms with Crippen LogP contribution >= 0.6 is 11.6 Å². The number of hydrogen-bond donors (Lipinski definition) is 4. The normalized spacial score (nSPS) is 19.8. The number of carbonyl (C=O) groups is 1. The van der Waals surface area contributed by atoms with Crippen molar-refractivity contribution in [1.29, 1.82) is 0 Å². The summed E-state index contributed by atoms with van der Waals surface area (Å²) in [6.45, 7) is 3.93. The van der Waals surface area contributed by atoms with Gasteiger partial charge in [0.15, 0.2) is 0 Å². The molecule has 2 aromatic carbocycles. The van der Waals surface area contributed by atoms with E-state index in [4.69, 9.17) is 11.6 Å². The zero-order valence-corrected chi connectivity index (χ0v) is 15.0. The van der Waals surface area contributed by atoms with Gasteiger partial charge in [-0.25, -0.2) is 10.9 Å². The smallest absolute Gasteiger partial charge is 0.242 e. The van der Waals surface area contributed by atoms with Crippen molar-refractivity contribution in [3.8, 4) is 5.75 Å². The third kappa shape index (κ3) is 3.95. The Hall–Kier alpha value is -2.08. The molecule has 3 rings (SSSR count). The van der Waals surface area contributed by atoms with Gasteiger partial charge in [-0.2, -0.15) is 0 Å². The molecular weight excluding hydrogens is 338 g/mol. The van der Waals surface area contributed by atoms with Crippen LogP contribution in [0.1, 0.15) is 36.1 Å². The molecule has 5 nitrogen and oxygen atoms in total. The third-order valence-electron chi connectivity index (χ3n) is 4.53. The topological polar surface area (TPSA) is 73.4 Å². The lowest BCUT2D eigenvalue weighted by Crippen LogP contribution is -2.39. The second-order valence-electron chi connectivity index (χ2n) is 6.33. The van der Waals surface area contributed by atoms with E-state index in [1.54, 1.807) is 12.1 Å². The van der Waals surface area contributed by atoms with Crippen LogP contribution < -0.4 is 16.2 Å². The maximum absolute atomic E-state index is 12.4. The minimum Gasteiger partial charge on any atom is -0.508 e. The van der Waals surface area contributed by atoms with Crippen LogP contribution in [0.2, 0.25) is 5.02 Å². The zero-order chi connectivity index (χ0) is 18.0. The number of phenols is 1. The van der Waals surface area contributed by atoms with E-state index in [-0.39, 0.29) is 17.7 Å². The van der Waals surface area contributed by atoms with Gasteiger partial charge in [0.25, 0.3) is 0 Å². The van der Waals surface area contributed by atoms with Crippen molar-refractivity contribution in [3.63, 3.8) is 0 Å². The summed E-state index contributed by atoms with van der Waals surface area (Å²) >= 11 is 6.16. The van der Waals surface area contributed by atoms with Crippen molar-refractivity contribution < 1.29 is 9.90 Å². The largest absolute Gasteiger partial charge is 0.508 e. The van der Waals surface area contributed by atoms with Crippen molar-refractivity contribution in [1.82, 2.24) is 10.9 Å². The molecule has 0 aromatic heterocycles. The number of benzene rings is 2. The van der Waals surface area contributed by atoms with Crippen LogP contribution in [0.4, 0.5) is 5.69 Å². The van der Waals surface area contributed by atoms with Gasteiger partial charge < -0.3 is 10.4 Å². The fourth-order valence-corrected chi connectivity index (χ4v) is 3.12. The van der Waals surface area contributed by atoms with Crippen molar-refractivity contribution in [2.24, 2.45) is 0 Å². The first kappa shape index (κ1) is 17.7. The molecule has 0 aliphatic carbocycles. The predicted molar refractivity (Wildman–Crippen MR) is 99.7 cm³/mol. The first-order valence-corrected chi connectivity index (χ1v) is 8.75. The fourth-order valence-electron chi connectivity index (χ4n) is 2.95. The standard InChI is InChI=1S/C19H22ClN3O2/c1-3-12-4-6-13(7-5-12)21-19(25)17-10-16(22-23-17)14-9-15(20)11(2)8-18(14)24/h4-9,16-17,22-24H,3,10H2,1-2H3,(H,21,25). The highest BCUT2D eigenvalue weighted by atomic mass is 35.5. The van der Waals surface area contributed by atoms with E-state index in [9.17, 15) is 9.90 Å². The van der Waals surface area contributed by atoms with E-state index in [1.165, 1.54) is 5.56 Å². The number of carbonyl (C=O) groups excluding carboxylic acids is 1. The Labute approximate surface area is 152 Å². The highest BCUT2D eigenvalue weighted by Crippen LogP contribution is 2.33. The Bertz CT molecular complexity index is 777. The van der Waals surface area contributed by atoms with Crippen LogP contribution in [0, 0.1) is 6.92 Å². The van der Waals surface area contributed by atoms with Gasteiger partial charge in [0.2, 0.25) is 5.91 Å². The minimum absolute atomic E-state index is 0.114. The van der Waals surface area contributed by atoms with Gasteiger partial charge in [0.1, 0.15) is 11.8 Å². The van der Waals surface area contributed by atoms with E-state index in [0.29, 0.717) is 17.0 Å². The van der Waals surface area contributed by atoms with E-state index in [1.807, 2.05) is 31.2 Å². The maximum Gasteiger partial charge on any atom is 0.242 e. The second-order valence-corrected chi connectivity index (χ2v) is 6.74. The van der Waals surface area contributed by atoms with E-state index in [2.05, 4.69) is 23.1 Å². The molecule has 0 radical (unpaired) electrons. The highest BCUT2D eigenvalue weighted by Gasteiger charge is 2.31. The Kier molecular flexibility index (Phi) is 5.27. The number of aryl methyl sites for hydroxylation is 2. The van der Waals surface area contributed by atoms with Gasteiger partial charge in [-0.15, -0.1) is 0 Å². The average Bonchev–Trinajstić information content (AvgIpc) is 3.09. The monoisotopic (exact) mass is 359 g/mol. The number of halogens is 1. The summed E-state index contributed by atoms with van der Waals surface area (Å²) in [6.07, 6.45) is 1.48. The lowest BCUT2D eigenvalue weighted by atomic mass is 9.99. The molecule has 0 spiro atoms. The second kappa shape index (κ2) is 7.44. The Balaban J connectivity index is 1.65. The molecule has 1 aliphatic heterocycles. The number of nitrogens with one attached hydrogen (secondary N) is 3. The molecule has 2 atom stereocenters. The summed E-state index contributed by atoms with van der Waals surface area (Å²) in [4.78, 5) is 12.4. The molecule has 0 saturated carbocycles. The highest BCUT2D eigenvalue weighted by molar-refractivity contribution is 6.31. The van der Waals surface area contributed by atoms with Gasteiger partial charge in [-0.05, 0) is 55.2 Å². The zero-order valence-electron chi connectivity index (χ0n) is 14.3. The van der Waals surface area contributed by atoms with Crippen molar-refractivity contribution >= 4 is 23.2 Å². The fraction of sp³-hybridized carbons (Fsp3) is 0.316. The van der Waals surface area contributed by atoms with Crippen LogP contribution in [-0.2, 0) is 11.2 Å². The van der Waals surface area contributed by atoms with Crippen LogP contribution in [0.15, 0.2) is 36.4 Å². The molecule has 1 amide bonds. The number of amides is 1. The third-order valence-corrected chi connectivity index (χ3v) is 4.94. The van der Waals surface area contributed by atoms with Gasteiger partial charge >= 0.3 is 0 Å². The van der Waals surface area contributed by atoms with Crippen molar-refractivity contribution in [2.45, 2.75) is 38.8 Å². The lowest BCUT2D eigenvalue weighted by Gasteiger charge is -2.13. The SMILES string of the molecule is CCc1ccc(NC(=O)C2CC(c3cc(Cl)c(C)cc3O)NN2)cc1. The summed E-state index contributed by atoms with van der Waals surface area (Å²) in [5.41, 5.74) is 9.56. The molecule has 1 fully saturated rings.